The Kier molecular flexibility index (Phi) is 6.66. The lowest BCUT2D eigenvalue weighted by Crippen LogP contribution is -1.86. The highest BCUT2D eigenvalue weighted by molar-refractivity contribution is 6.16. The zero-order valence-corrected chi connectivity index (χ0v) is 11.8. The summed E-state index contributed by atoms with van der Waals surface area (Å²) >= 11 is 0. The molecule has 0 saturated heterocycles. The van der Waals surface area contributed by atoms with Crippen LogP contribution < -0.4 is 4.74 Å². The summed E-state index contributed by atoms with van der Waals surface area (Å²) < 4.78 is 10.7. The first kappa shape index (κ1) is 15.2. The molecule has 5 heteroatoms. The minimum Gasteiger partial charge on any atom is -0.469 e. The van der Waals surface area contributed by atoms with E-state index in [2.05, 4.69) is 15.2 Å². The summed E-state index contributed by atoms with van der Waals surface area (Å²) in [5.74, 6) is 0.715. The number of hydrogen-bond acceptors (Lipinski definition) is 5. The van der Waals surface area contributed by atoms with Gasteiger partial charge < -0.3 is 9.47 Å². The summed E-state index contributed by atoms with van der Waals surface area (Å²) in [6.45, 7) is 0. The predicted molar refractivity (Wildman–Crippen MR) is 90.1 cm³/mol. The van der Waals surface area contributed by atoms with Gasteiger partial charge in [0.1, 0.15) is 18.3 Å². The number of hydrogen-bond donors (Lipinski definition) is 0. The summed E-state index contributed by atoms with van der Waals surface area (Å²) in [5, 5.41) is 7.68. The molecule has 0 aromatic heterocycles. The quantitative estimate of drug-likeness (QED) is 0.731. The van der Waals surface area contributed by atoms with Crippen molar-refractivity contribution in [3.63, 3.8) is 0 Å². The maximum atomic E-state index is 5.53. The Bertz CT molecular complexity index is 668. The lowest BCUT2D eigenvalue weighted by molar-refractivity contribution is 0.372. The van der Waals surface area contributed by atoms with Crippen molar-refractivity contribution in [2.45, 2.75) is 0 Å². The highest BCUT2D eigenvalue weighted by atomic mass is 16.5. The summed E-state index contributed by atoms with van der Waals surface area (Å²) in [7, 11) is 0. The number of ether oxygens (including phenoxy) is 2. The molecule has 0 bridgehead atoms. The number of fused-ring (bicyclic) bond motifs is 1. The number of aliphatic imine (C=N–C) groups is 1. The van der Waals surface area contributed by atoms with Gasteiger partial charge in [-0.05, 0) is 30.4 Å². The molecule has 22 heavy (non-hydrogen) atoms. The number of rotatable bonds is 0. The highest BCUT2D eigenvalue weighted by Crippen LogP contribution is 2.19. The second-order valence-corrected chi connectivity index (χ2v) is 3.92. The summed E-state index contributed by atoms with van der Waals surface area (Å²) in [5.41, 5.74) is 0.920. The molecule has 1 aromatic carbocycles. The van der Waals surface area contributed by atoms with E-state index in [9.17, 15) is 0 Å². The summed E-state index contributed by atoms with van der Waals surface area (Å²) in [6.07, 6.45) is 17.8. The summed E-state index contributed by atoms with van der Waals surface area (Å²) in [4.78, 5) is 3.97. The van der Waals surface area contributed by atoms with Crippen LogP contribution in [-0.4, -0.2) is 18.6 Å². The Hall–Kier alpha value is -3.21. The first-order valence-corrected chi connectivity index (χ1v) is 6.59. The predicted octanol–water partition coefficient (Wildman–Crippen LogP) is 3.73. The molecule has 0 radical (unpaired) electrons. The molecule has 1 aliphatic rings. The van der Waals surface area contributed by atoms with Crippen LogP contribution in [0.4, 0.5) is 0 Å². The fraction of sp³-hybridized carbons (Fsp3) is 0. The van der Waals surface area contributed by atoms with E-state index < -0.39 is 0 Å². The zero-order valence-electron chi connectivity index (χ0n) is 11.8. The average Bonchev–Trinajstić information content (AvgIpc) is 2.55. The molecule has 0 atom stereocenters. The van der Waals surface area contributed by atoms with Crippen molar-refractivity contribution in [3.05, 3.63) is 73.0 Å². The molecule has 0 unspecified atom stereocenters. The van der Waals surface area contributed by atoms with E-state index in [1.54, 1.807) is 36.9 Å². The standard InChI is InChI=1S/C17H15N3O2/c1-2-8-17-16(6-1)7-5-10-19-20-12-11-18-9-3-4-13-21-14-15-22-17/h1-15H/b7-5-,9-3-,13-4-,15-14-,18-11-,19-10-,20-12-. The fourth-order valence-electron chi connectivity index (χ4n) is 1.47. The molecule has 0 N–H and O–H groups in total. The van der Waals surface area contributed by atoms with E-state index in [-0.39, 0.29) is 0 Å². The number of para-hydroxylation sites is 1. The molecular formula is C17H15N3O2. The van der Waals surface area contributed by atoms with E-state index in [0.717, 1.165) is 5.56 Å². The van der Waals surface area contributed by atoms with Crippen molar-refractivity contribution in [2.75, 3.05) is 0 Å². The molecule has 1 heterocycles. The van der Waals surface area contributed by atoms with Crippen LogP contribution in [0, 0.1) is 0 Å². The normalized spacial score (nSPS) is 24.9. The monoisotopic (exact) mass is 293 g/mol. The Balaban J connectivity index is 2.16. The van der Waals surface area contributed by atoms with Crippen molar-refractivity contribution in [1.82, 2.24) is 0 Å². The van der Waals surface area contributed by atoms with E-state index in [1.807, 2.05) is 30.3 Å². The molecule has 110 valence electrons. The van der Waals surface area contributed by atoms with Crippen molar-refractivity contribution in [1.29, 1.82) is 0 Å². The molecule has 0 aliphatic carbocycles. The average molecular weight is 293 g/mol. The van der Waals surface area contributed by atoms with Crippen LogP contribution in [0.2, 0.25) is 0 Å². The summed E-state index contributed by atoms with van der Waals surface area (Å²) in [6, 6.07) is 7.63. The smallest absolute Gasteiger partial charge is 0.133 e. The molecule has 2 rings (SSSR count). The Morgan fingerprint density at radius 3 is 2.68 bits per heavy atom. The van der Waals surface area contributed by atoms with Crippen LogP contribution in [0.5, 0.6) is 5.75 Å². The van der Waals surface area contributed by atoms with Gasteiger partial charge >= 0.3 is 0 Å². The second-order valence-electron chi connectivity index (χ2n) is 3.92. The molecule has 0 spiro atoms. The van der Waals surface area contributed by atoms with Gasteiger partial charge in [0, 0.05) is 24.2 Å². The molecule has 5 nitrogen and oxygen atoms in total. The van der Waals surface area contributed by atoms with Crippen LogP contribution >= 0.6 is 0 Å². The van der Waals surface area contributed by atoms with Gasteiger partial charge in [0.15, 0.2) is 0 Å². The van der Waals surface area contributed by atoms with Crippen molar-refractivity contribution in [3.8, 4) is 5.75 Å². The van der Waals surface area contributed by atoms with E-state index in [4.69, 9.17) is 9.47 Å². The van der Waals surface area contributed by atoms with Gasteiger partial charge in [0.25, 0.3) is 0 Å². The number of allylic oxidation sites excluding steroid dienone is 3. The van der Waals surface area contributed by atoms with Crippen LogP contribution in [0.15, 0.2) is 82.7 Å². The number of nitrogens with zero attached hydrogens (tertiary/aromatic N) is 3. The van der Waals surface area contributed by atoms with Crippen molar-refractivity contribution in [2.24, 2.45) is 15.2 Å². The highest BCUT2D eigenvalue weighted by Gasteiger charge is 1.96. The third-order valence-corrected chi connectivity index (χ3v) is 2.40. The maximum Gasteiger partial charge on any atom is 0.133 e. The fourth-order valence-corrected chi connectivity index (χ4v) is 1.47. The maximum absolute atomic E-state index is 5.53. The molecule has 0 saturated carbocycles. The molecule has 1 aromatic rings. The first-order valence-electron chi connectivity index (χ1n) is 6.59. The van der Waals surface area contributed by atoms with Crippen LogP contribution in [0.3, 0.4) is 0 Å². The van der Waals surface area contributed by atoms with Crippen LogP contribution in [0.1, 0.15) is 5.56 Å². The largest absolute Gasteiger partial charge is 0.469 e. The number of benzene rings is 1. The minimum absolute atomic E-state index is 0.715. The van der Waals surface area contributed by atoms with Gasteiger partial charge in [0.2, 0.25) is 0 Å². The first-order chi connectivity index (χ1) is 11.0. The molecule has 0 amide bonds. The van der Waals surface area contributed by atoms with E-state index in [1.165, 1.54) is 25.0 Å². The van der Waals surface area contributed by atoms with Gasteiger partial charge in [-0.15, -0.1) is 0 Å². The van der Waals surface area contributed by atoms with Gasteiger partial charge in [-0.25, -0.2) is 0 Å². The van der Waals surface area contributed by atoms with Gasteiger partial charge in [-0.2, -0.15) is 10.2 Å². The topological polar surface area (TPSA) is 55.5 Å². The minimum atomic E-state index is 0.715. The zero-order chi connectivity index (χ0) is 15.3. The Morgan fingerprint density at radius 1 is 0.773 bits per heavy atom. The van der Waals surface area contributed by atoms with Gasteiger partial charge in [-0.3, -0.25) is 4.99 Å². The third kappa shape index (κ3) is 5.83. The van der Waals surface area contributed by atoms with Gasteiger partial charge in [-0.1, -0.05) is 18.2 Å². The third-order valence-electron chi connectivity index (χ3n) is 2.40. The lowest BCUT2D eigenvalue weighted by atomic mass is 10.2. The van der Waals surface area contributed by atoms with E-state index in [0.29, 0.717) is 5.75 Å². The van der Waals surface area contributed by atoms with Crippen LogP contribution in [-0.2, 0) is 4.74 Å². The van der Waals surface area contributed by atoms with Crippen molar-refractivity contribution < 1.29 is 9.47 Å². The van der Waals surface area contributed by atoms with Gasteiger partial charge in [0.05, 0.1) is 12.5 Å². The molecular weight excluding hydrogens is 278 g/mol. The lowest BCUT2D eigenvalue weighted by Gasteiger charge is -2.03. The Morgan fingerprint density at radius 2 is 1.68 bits per heavy atom. The molecule has 0 fully saturated rings. The van der Waals surface area contributed by atoms with Crippen molar-refractivity contribution >= 4 is 24.7 Å². The SMILES string of the molecule is C1=C\N=C/C=N\N=C/C=C\c2ccccc2O/C=C\O\C=C/1. The molecule has 1 aliphatic heterocycles. The second kappa shape index (κ2) is 9.66. The van der Waals surface area contributed by atoms with E-state index >= 15 is 0 Å². The Labute approximate surface area is 129 Å². The van der Waals surface area contributed by atoms with Crippen LogP contribution in [0.25, 0.3) is 6.08 Å².